The number of aromatic nitrogens is 4. The molecule has 2 aromatic rings. The maximum absolute atomic E-state index is 10.8. The van der Waals surface area contributed by atoms with Crippen molar-refractivity contribution in [2.24, 2.45) is 0 Å². The highest BCUT2D eigenvalue weighted by Crippen LogP contribution is 1.99. The average molecular weight is 192 g/mol. The number of aryl methyl sites for hydroxylation is 1. The van der Waals surface area contributed by atoms with Crippen LogP contribution in [-0.4, -0.2) is 19.9 Å². The largest absolute Gasteiger partial charge is 0.304 e. The van der Waals surface area contributed by atoms with Crippen molar-refractivity contribution in [2.75, 3.05) is 0 Å². The number of H-pyrrole nitrogens is 1. The van der Waals surface area contributed by atoms with E-state index in [9.17, 15) is 4.79 Å². The van der Waals surface area contributed by atoms with Gasteiger partial charge in [-0.05, 0) is 6.92 Å². The molecule has 1 N–H and O–H groups in total. The summed E-state index contributed by atoms with van der Waals surface area (Å²) in [6.45, 7) is 5.75. The topological polar surface area (TPSA) is 71.5 Å². The highest BCUT2D eigenvalue weighted by atomic mass is 16.1. The molecule has 0 atom stereocenters. The molecule has 0 radical (unpaired) electrons. The van der Waals surface area contributed by atoms with Gasteiger partial charge in [-0.15, -0.1) is 0 Å². The fourth-order valence-electron chi connectivity index (χ4n) is 0.927. The van der Waals surface area contributed by atoms with Gasteiger partial charge in [-0.3, -0.25) is 4.79 Å². The van der Waals surface area contributed by atoms with Gasteiger partial charge in [-0.1, -0.05) is 13.8 Å². The van der Waals surface area contributed by atoms with Crippen LogP contribution in [0.3, 0.4) is 0 Å². The number of aromatic amines is 1. The van der Waals surface area contributed by atoms with E-state index in [1.807, 2.05) is 13.8 Å². The number of fused-ring (bicyclic) bond motifs is 1. The minimum Gasteiger partial charge on any atom is -0.304 e. The fraction of sp³-hybridized carbons (Fsp3) is 0.333. The van der Waals surface area contributed by atoms with Crippen molar-refractivity contribution in [1.82, 2.24) is 19.9 Å². The Labute approximate surface area is 81.3 Å². The minimum atomic E-state index is -0.249. The number of hydrogen-bond donors (Lipinski definition) is 1. The van der Waals surface area contributed by atoms with Crippen molar-refractivity contribution >= 4 is 11.2 Å². The first-order chi connectivity index (χ1) is 6.75. The van der Waals surface area contributed by atoms with E-state index in [2.05, 4.69) is 19.9 Å². The first-order valence-electron chi connectivity index (χ1n) is 4.44. The predicted octanol–water partition coefficient (Wildman–Crippen LogP) is 1.05. The van der Waals surface area contributed by atoms with Gasteiger partial charge in [0.25, 0.3) is 5.56 Å². The van der Waals surface area contributed by atoms with E-state index < -0.39 is 0 Å². The first-order valence-corrected chi connectivity index (χ1v) is 4.44. The molecule has 5 nitrogen and oxygen atoms in total. The molecule has 0 aliphatic carbocycles. The van der Waals surface area contributed by atoms with Crippen molar-refractivity contribution in [3.8, 4) is 0 Å². The van der Waals surface area contributed by atoms with Crippen LogP contribution in [0.25, 0.3) is 11.2 Å². The highest BCUT2D eigenvalue weighted by Gasteiger charge is 1.96. The molecule has 14 heavy (non-hydrogen) atoms. The van der Waals surface area contributed by atoms with Gasteiger partial charge in [-0.2, -0.15) is 0 Å². The maximum atomic E-state index is 10.8. The molecule has 0 saturated heterocycles. The molecule has 0 fully saturated rings. The first kappa shape index (κ1) is 10.3. The third kappa shape index (κ3) is 2.12. The molecule has 2 heterocycles. The Hall–Kier alpha value is -1.78. The standard InChI is InChI=1S/C7H6N4O.C2H6/c1-4-8-2-5-7(10-4)11-6(12)3-9-5;1-2/h2-3H,1H3,(H,8,10,11,12);1-2H3. The fourth-order valence-corrected chi connectivity index (χ4v) is 0.927. The van der Waals surface area contributed by atoms with Gasteiger partial charge < -0.3 is 4.98 Å². The van der Waals surface area contributed by atoms with Crippen LogP contribution in [0.5, 0.6) is 0 Å². The zero-order chi connectivity index (χ0) is 10.6. The maximum Gasteiger partial charge on any atom is 0.268 e. The van der Waals surface area contributed by atoms with E-state index in [0.717, 1.165) is 0 Å². The normalized spacial score (nSPS) is 9.36. The molecule has 0 unspecified atom stereocenters. The third-order valence-corrected chi connectivity index (χ3v) is 1.45. The lowest BCUT2D eigenvalue weighted by atomic mass is 10.5. The summed E-state index contributed by atoms with van der Waals surface area (Å²) in [7, 11) is 0. The van der Waals surface area contributed by atoms with E-state index in [1.54, 1.807) is 13.1 Å². The van der Waals surface area contributed by atoms with Gasteiger partial charge in [0.2, 0.25) is 0 Å². The van der Waals surface area contributed by atoms with E-state index in [-0.39, 0.29) is 5.56 Å². The lowest BCUT2D eigenvalue weighted by Gasteiger charge is -1.94. The van der Waals surface area contributed by atoms with Crippen molar-refractivity contribution in [3.05, 3.63) is 28.6 Å². The minimum absolute atomic E-state index is 0.249. The Bertz CT molecular complexity index is 477. The summed E-state index contributed by atoms with van der Waals surface area (Å²) in [5.41, 5.74) is 0.829. The summed E-state index contributed by atoms with van der Waals surface area (Å²) in [6, 6.07) is 0. The van der Waals surface area contributed by atoms with Crippen molar-refractivity contribution in [3.63, 3.8) is 0 Å². The van der Waals surface area contributed by atoms with Crippen LogP contribution >= 0.6 is 0 Å². The monoisotopic (exact) mass is 192 g/mol. The van der Waals surface area contributed by atoms with E-state index in [4.69, 9.17) is 0 Å². The predicted molar refractivity (Wildman–Crippen MR) is 54.0 cm³/mol. The van der Waals surface area contributed by atoms with Crippen molar-refractivity contribution < 1.29 is 0 Å². The van der Waals surface area contributed by atoms with E-state index in [1.165, 1.54) is 6.20 Å². The Morgan fingerprint density at radius 3 is 2.64 bits per heavy atom. The summed E-state index contributed by atoms with van der Waals surface area (Å²) in [4.78, 5) is 25.2. The van der Waals surface area contributed by atoms with Crippen LogP contribution < -0.4 is 5.56 Å². The Kier molecular flexibility index (Phi) is 3.28. The summed E-state index contributed by atoms with van der Waals surface area (Å²) >= 11 is 0. The lowest BCUT2D eigenvalue weighted by Crippen LogP contribution is -2.06. The molecular formula is C9H12N4O. The molecule has 5 heteroatoms. The Morgan fingerprint density at radius 2 is 1.93 bits per heavy atom. The molecule has 2 rings (SSSR count). The van der Waals surface area contributed by atoms with Crippen LogP contribution in [0.4, 0.5) is 0 Å². The second-order valence-corrected chi connectivity index (χ2v) is 2.40. The van der Waals surface area contributed by atoms with E-state index in [0.29, 0.717) is 17.0 Å². The van der Waals surface area contributed by atoms with Crippen LogP contribution in [0.1, 0.15) is 19.7 Å². The van der Waals surface area contributed by atoms with Crippen LogP contribution in [0, 0.1) is 6.92 Å². The smallest absolute Gasteiger partial charge is 0.268 e. The van der Waals surface area contributed by atoms with Gasteiger partial charge in [0.15, 0.2) is 5.65 Å². The second-order valence-electron chi connectivity index (χ2n) is 2.40. The number of nitrogens with zero attached hydrogens (tertiary/aromatic N) is 3. The molecule has 0 aliphatic rings. The highest BCUT2D eigenvalue weighted by molar-refractivity contribution is 5.67. The summed E-state index contributed by atoms with van der Waals surface area (Å²) in [5, 5.41) is 0. The molecule has 2 aromatic heterocycles. The van der Waals surface area contributed by atoms with Gasteiger partial charge >= 0.3 is 0 Å². The number of nitrogens with one attached hydrogen (secondary N) is 1. The Morgan fingerprint density at radius 1 is 1.21 bits per heavy atom. The molecule has 0 aliphatic heterocycles. The van der Waals surface area contributed by atoms with Gasteiger partial charge in [-0.25, -0.2) is 15.0 Å². The zero-order valence-electron chi connectivity index (χ0n) is 8.40. The molecule has 0 spiro atoms. The zero-order valence-corrected chi connectivity index (χ0v) is 8.40. The SMILES string of the molecule is CC.Cc1ncc2ncc(=O)[nH]c2n1. The van der Waals surface area contributed by atoms with Crippen molar-refractivity contribution in [2.45, 2.75) is 20.8 Å². The average Bonchev–Trinajstić information content (AvgIpc) is 2.20. The second kappa shape index (κ2) is 4.45. The molecule has 0 bridgehead atoms. The molecule has 74 valence electrons. The van der Waals surface area contributed by atoms with Crippen molar-refractivity contribution in [1.29, 1.82) is 0 Å². The van der Waals surface area contributed by atoms with Crippen LogP contribution in [-0.2, 0) is 0 Å². The number of rotatable bonds is 0. The third-order valence-electron chi connectivity index (χ3n) is 1.45. The van der Waals surface area contributed by atoms with Gasteiger partial charge in [0.1, 0.15) is 11.3 Å². The molecule has 0 amide bonds. The van der Waals surface area contributed by atoms with Gasteiger partial charge in [0.05, 0.1) is 12.4 Å². The summed E-state index contributed by atoms with van der Waals surface area (Å²) in [6.07, 6.45) is 2.79. The summed E-state index contributed by atoms with van der Waals surface area (Å²) in [5.74, 6) is 0.617. The Balaban J connectivity index is 0.000000461. The van der Waals surface area contributed by atoms with Crippen LogP contribution in [0.15, 0.2) is 17.2 Å². The van der Waals surface area contributed by atoms with Gasteiger partial charge in [0, 0.05) is 0 Å². The quantitative estimate of drug-likeness (QED) is 0.677. The van der Waals surface area contributed by atoms with E-state index >= 15 is 0 Å². The molecule has 0 saturated carbocycles. The van der Waals surface area contributed by atoms with Crippen LogP contribution in [0.2, 0.25) is 0 Å². The number of hydrogen-bond acceptors (Lipinski definition) is 4. The molecular weight excluding hydrogens is 180 g/mol. The lowest BCUT2D eigenvalue weighted by molar-refractivity contribution is 1.05. The molecule has 0 aromatic carbocycles. The summed E-state index contributed by atoms with van der Waals surface area (Å²) < 4.78 is 0.